The highest BCUT2D eigenvalue weighted by atomic mass is 16.7. The Hall–Kier alpha value is -3.60. The first-order chi connectivity index (χ1) is 15.7. The second-order valence-electron chi connectivity index (χ2n) is 7.18. The molecule has 176 valence electrons. The standard InChI is InChI=1S/C21H21NO11/c22-7-14(9-1-3-11(24)4-2-9)31-21-19(18(29)17(28)15(8-23)32-21)33-20(30)10-5-12(25)16(27)13(26)6-10/h1-6,14-15,17-19,21,23-29H,8H2/t14-,15-,17-,18+,19-,21-/m1/s1. The smallest absolute Gasteiger partial charge is 0.338 e. The Morgan fingerprint density at radius 2 is 1.67 bits per heavy atom. The molecular weight excluding hydrogens is 442 g/mol. The number of carbonyl (C=O) groups is 1. The van der Waals surface area contributed by atoms with Gasteiger partial charge in [-0.15, -0.1) is 0 Å². The molecule has 12 nitrogen and oxygen atoms in total. The number of esters is 1. The lowest BCUT2D eigenvalue weighted by Crippen LogP contribution is -2.60. The first-order valence-corrected chi connectivity index (χ1v) is 9.58. The van der Waals surface area contributed by atoms with Gasteiger partial charge >= 0.3 is 5.97 Å². The van der Waals surface area contributed by atoms with Gasteiger partial charge in [-0.1, -0.05) is 12.1 Å². The molecular formula is C21H21NO11. The Morgan fingerprint density at radius 3 is 2.21 bits per heavy atom. The SMILES string of the molecule is N#C[C@@H](O[C@@H]1O[C@H](CO)[C@@H](O)[C@H](O)[C@H]1OC(=O)c1cc(O)c(O)c(O)c1)c1ccc(O)cc1. The predicted octanol–water partition coefficient (Wildman–Crippen LogP) is -0.245. The number of aromatic hydroxyl groups is 4. The predicted molar refractivity (Wildman–Crippen MR) is 106 cm³/mol. The Morgan fingerprint density at radius 1 is 1.06 bits per heavy atom. The fourth-order valence-corrected chi connectivity index (χ4v) is 3.17. The first kappa shape index (κ1) is 24.1. The Balaban J connectivity index is 1.88. The van der Waals surface area contributed by atoms with Crippen molar-refractivity contribution in [1.29, 1.82) is 5.26 Å². The molecule has 2 aromatic carbocycles. The van der Waals surface area contributed by atoms with Gasteiger partial charge in [0.25, 0.3) is 0 Å². The summed E-state index contributed by atoms with van der Waals surface area (Å²) < 4.78 is 16.2. The number of rotatable bonds is 6. The highest BCUT2D eigenvalue weighted by Gasteiger charge is 2.48. The minimum Gasteiger partial charge on any atom is -0.508 e. The van der Waals surface area contributed by atoms with E-state index in [1.54, 1.807) is 0 Å². The minimum absolute atomic E-state index is 0.0598. The summed E-state index contributed by atoms with van der Waals surface area (Å²) in [6.07, 6.45) is -9.50. The first-order valence-electron chi connectivity index (χ1n) is 9.58. The number of ether oxygens (including phenoxy) is 3. The van der Waals surface area contributed by atoms with Crippen LogP contribution in [0.5, 0.6) is 23.0 Å². The largest absolute Gasteiger partial charge is 0.508 e. The van der Waals surface area contributed by atoms with Crippen LogP contribution >= 0.6 is 0 Å². The van der Waals surface area contributed by atoms with Crippen molar-refractivity contribution in [3.05, 3.63) is 47.5 Å². The summed E-state index contributed by atoms with van der Waals surface area (Å²) in [4.78, 5) is 12.6. The van der Waals surface area contributed by atoms with E-state index in [9.17, 15) is 45.8 Å². The van der Waals surface area contributed by atoms with E-state index in [4.69, 9.17) is 14.2 Å². The van der Waals surface area contributed by atoms with Crippen molar-refractivity contribution in [1.82, 2.24) is 0 Å². The van der Waals surface area contributed by atoms with Gasteiger partial charge in [-0.2, -0.15) is 5.26 Å². The molecule has 0 amide bonds. The van der Waals surface area contributed by atoms with Gasteiger partial charge in [0.1, 0.15) is 24.1 Å². The molecule has 0 saturated carbocycles. The van der Waals surface area contributed by atoms with Gasteiger partial charge in [-0.05, 0) is 29.8 Å². The highest BCUT2D eigenvalue weighted by molar-refractivity contribution is 5.91. The molecule has 1 heterocycles. The van der Waals surface area contributed by atoms with Gasteiger partial charge in [0.05, 0.1) is 18.2 Å². The highest BCUT2D eigenvalue weighted by Crippen LogP contribution is 2.36. The van der Waals surface area contributed by atoms with E-state index >= 15 is 0 Å². The number of aliphatic hydroxyl groups excluding tert-OH is 3. The Kier molecular flexibility index (Phi) is 7.22. The Bertz CT molecular complexity index is 1010. The molecule has 0 aliphatic carbocycles. The number of carbonyl (C=O) groups excluding carboxylic acids is 1. The number of phenols is 4. The maximum Gasteiger partial charge on any atom is 0.338 e. The summed E-state index contributed by atoms with van der Waals surface area (Å²) in [5, 5.41) is 77.7. The molecule has 12 heteroatoms. The van der Waals surface area contributed by atoms with Crippen molar-refractivity contribution < 1.29 is 54.8 Å². The molecule has 0 bridgehead atoms. The van der Waals surface area contributed by atoms with Crippen LogP contribution in [0.4, 0.5) is 0 Å². The fraction of sp³-hybridized carbons (Fsp3) is 0.333. The number of hydrogen-bond acceptors (Lipinski definition) is 12. The van der Waals surface area contributed by atoms with Crippen LogP contribution < -0.4 is 0 Å². The van der Waals surface area contributed by atoms with Crippen molar-refractivity contribution in [3.8, 4) is 29.1 Å². The normalized spacial score (nSPS) is 25.7. The van der Waals surface area contributed by atoms with E-state index in [1.165, 1.54) is 24.3 Å². The lowest BCUT2D eigenvalue weighted by Gasteiger charge is -2.41. The molecule has 3 rings (SSSR count). The van der Waals surface area contributed by atoms with E-state index in [0.717, 1.165) is 12.1 Å². The van der Waals surface area contributed by atoms with Gasteiger partial charge in [-0.25, -0.2) is 4.79 Å². The molecule has 6 atom stereocenters. The van der Waals surface area contributed by atoms with E-state index < -0.39 is 72.2 Å². The number of benzene rings is 2. The topological polar surface area (TPSA) is 210 Å². The monoisotopic (exact) mass is 463 g/mol. The van der Waals surface area contributed by atoms with Crippen molar-refractivity contribution >= 4 is 5.97 Å². The molecule has 0 spiro atoms. The molecule has 1 fully saturated rings. The lowest BCUT2D eigenvalue weighted by molar-refractivity contribution is -0.306. The maximum absolute atomic E-state index is 12.6. The number of hydrogen-bond donors (Lipinski definition) is 7. The van der Waals surface area contributed by atoms with Crippen molar-refractivity contribution in [2.45, 2.75) is 36.8 Å². The summed E-state index contributed by atoms with van der Waals surface area (Å²) >= 11 is 0. The second kappa shape index (κ2) is 9.90. The lowest BCUT2D eigenvalue weighted by atomic mass is 9.98. The number of phenolic OH excluding ortho intramolecular Hbond substituents is 4. The molecule has 0 aromatic heterocycles. The quantitative estimate of drug-likeness (QED) is 0.218. The molecule has 1 saturated heterocycles. The van der Waals surface area contributed by atoms with Crippen molar-refractivity contribution in [3.63, 3.8) is 0 Å². The zero-order chi connectivity index (χ0) is 24.3. The van der Waals surface area contributed by atoms with Crippen LogP contribution in [0.25, 0.3) is 0 Å². The molecule has 0 radical (unpaired) electrons. The van der Waals surface area contributed by atoms with Gasteiger partial charge in [0.15, 0.2) is 35.7 Å². The third kappa shape index (κ3) is 5.08. The van der Waals surface area contributed by atoms with E-state index in [1.807, 2.05) is 6.07 Å². The zero-order valence-electron chi connectivity index (χ0n) is 16.8. The van der Waals surface area contributed by atoms with E-state index in [2.05, 4.69) is 0 Å². The summed E-state index contributed by atoms with van der Waals surface area (Å²) in [7, 11) is 0. The number of nitriles is 1. The summed E-state index contributed by atoms with van der Waals surface area (Å²) in [5.41, 5.74) is -0.124. The summed E-state index contributed by atoms with van der Waals surface area (Å²) in [6.45, 7) is -0.727. The summed E-state index contributed by atoms with van der Waals surface area (Å²) in [5.74, 6) is -3.74. The van der Waals surface area contributed by atoms with Crippen LogP contribution in [-0.4, -0.2) is 79.0 Å². The average molecular weight is 463 g/mol. The van der Waals surface area contributed by atoms with Crippen LogP contribution in [0.3, 0.4) is 0 Å². The third-order valence-corrected chi connectivity index (χ3v) is 4.96. The summed E-state index contributed by atoms with van der Waals surface area (Å²) in [6, 6.07) is 8.84. The third-order valence-electron chi connectivity index (χ3n) is 4.96. The Labute approximate surface area is 186 Å². The molecule has 7 N–H and O–H groups in total. The van der Waals surface area contributed by atoms with Gasteiger partial charge in [-0.3, -0.25) is 0 Å². The zero-order valence-corrected chi connectivity index (χ0v) is 16.8. The fourth-order valence-electron chi connectivity index (χ4n) is 3.17. The van der Waals surface area contributed by atoms with E-state index in [-0.39, 0.29) is 5.75 Å². The van der Waals surface area contributed by atoms with Crippen LogP contribution in [0, 0.1) is 11.3 Å². The molecule has 33 heavy (non-hydrogen) atoms. The van der Waals surface area contributed by atoms with Gasteiger partial charge in [0, 0.05) is 0 Å². The molecule has 1 aliphatic rings. The van der Waals surface area contributed by atoms with Crippen LogP contribution in [-0.2, 0) is 14.2 Å². The maximum atomic E-state index is 12.6. The van der Waals surface area contributed by atoms with E-state index in [0.29, 0.717) is 5.56 Å². The van der Waals surface area contributed by atoms with Crippen molar-refractivity contribution in [2.24, 2.45) is 0 Å². The average Bonchev–Trinajstić information content (AvgIpc) is 2.80. The molecule has 0 unspecified atom stereocenters. The van der Waals surface area contributed by atoms with Crippen molar-refractivity contribution in [2.75, 3.05) is 6.61 Å². The van der Waals surface area contributed by atoms with Crippen LogP contribution in [0.2, 0.25) is 0 Å². The van der Waals surface area contributed by atoms with Crippen LogP contribution in [0.15, 0.2) is 36.4 Å². The molecule has 1 aliphatic heterocycles. The van der Waals surface area contributed by atoms with Gasteiger partial charge in [0.2, 0.25) is 0 Å². The number of aliphatic hydroxyl groups is 3. The van der Waals surface area contributed by atoms with Crippen LogP contribution in [0.1, 0.15) is 22.0 Å². The number of nitrogens with zero attached hydrogens (tertiary/aromatic N) is 1. The second-order valence-corrected chi connectivity index (χ2v) is 7.18. The van der Waals surface area contributed by atoms with Gasteiger partial charge < -0.3 is 50.0 Å². The molecule has 2 aromatic rings. The minimum atomic E-state index is -1.82.